The molecule has 0 radical (unpaired) electrons. The molecule has 0 spiro atoms. The van der Waals surface area contributed by atoms with Gasteiger partial charge in [0, 0.05) is 25.7 Å². The van der Waals surface area contributed by atoms with Crippen molar-refractivity contribution in [1.82, 2.24) is 10.2 Å². The summed E-state index contributed by atoms with van der Waals surface area (Å²) in [5, 5.41) is 3.74. The third-order valence-corrected chi connectivity index (χ3v) is 4.38. The zero-order chi connectivity index (χ0) is 11.4. The number of rotatable bonds is 4. The van der Waals surface area contributed by atoms with Gasteiger partial charge >= 0.3 is 0 Å². The van der Waals surface area contributed by atoms with Gasteiger partial charge in [0.1, 0.15) is 0 Å². The highest BCUT2D eigenvalue weighted by atomic mass is 15.2. The summed E-state index contributed by atoms with van der Waals surface area (Å²) in [5.41, 5.74) is 0. The molecule has 1 saturated carbocycles. The Morgan fingerprint density at radius 1 is 1.00 bits per heavy atom. The Labute approximate surface area is 101 Å². The van der Waals surface area contributed by atoms with Crippen LogP contribution in [-0.4, -0.2) is 37.1 Å². The zero-order valence-electron chi connectivity index (χ0n) is 11.0. The molecule has 2 nitrogen and oxygen atoms in total. The van der Waals surface area contributed by atoms with E-state index in [-0.39, 0.29) is 0 Å². The molecule has 94 valence electrons. The van der Waals surface area contributed by atoms with E-state index in [1.54, 1.807) is 0 Å². The number of nitrogens with one attached hydrogen (secondary N) is 1. The number of hydrogen-bond donors (Lipinski definition) is 1. The summed E-state index contributed by atoms with van der Waals surface area (Å²) in [6, 6.07) is 0.816. The van der Waals surface area contributed by atoms with Gasteiger partial charge in [-0.15, -0.1) is 0 Å². The molecule has 1 unspecified atom stereocenters. The number of likely N-dealkylation sites (tertiary alicyclic amines) is 1. The van der Waals surface area contributed by atoms with Gasteiger partial charge in [0.2, 0.25) is 0 Å². The van der Waals surface area contributed by atoms with Crippen molar-refractivity contribution in [2.75, 3.05) is 26.2 Å². The first kappa shape index (κ1) is 12.4. The van der Waals surface area contributed by atoms with Crippen molar-refractivity contribution in [3.63, 3.8) is 0 Å². The first-order chi connectivity index (χ1) is 7.74. The fourth-order valence-electron chi connectivity index (χ4n) is 3.12. The van der Waals surface area contributed by atoms with Gasteiger partial charge in [-0.1, -0.05) is 13.8 Å². The van der Waals surface area contributed by atoms with E-state index in [4.69, 9.17) is 0 Å². The van der Waals surface area contributed by atoms with Gasteiger partial charge < -0.3 is 10.2 Å². The predicted molar refractivity (Wildman–Crippen MR) is 69.6 cm³/mol. The van der Waals surface area contributed by atoms with Crippen LogP contribution in [0.25, 0.3) is 0 Å². The van der Waals surface area contributed by atoms with Crippen molar-refractivity contribution in [3.05, 3.63) is 0 Å². The fraction of sp³-hybridized carbons (Fsp3) is 1.00. The maximum Gasteiger partial charge on any atom is 0.0107 e. The molecule has 1 saturated heterocycles. The topological polar surface area (TPSA) is 15.3 Å². The Bertz CT molecular complexity index is 197. The van der Waals surface area contributed by atoms with Crippen LogP contribution in [0.4, 0.5) is 0 Å². The van der Waals surface area contributed by atoms with E-state index < -0.39 is 0 Å². The molecule has 0 aromatic carbocycles. The molecular formula is C14H28N2. The van der Waals surface area contributed by atoms with Gasteiger partial charge in [-0.05, 0) is 50.5 Å². The molecular weight excluding hydrogens is 196 g/mol. The quantitative estimate of drug-likeness (QED) is 0.789. The second-order valence-corrected chi connectivity index (χ2v) is 6.11. The lowest BCUT2D eigenvalue weighted by Gasteiger charge is -2.27. The summed E-state index contributed by atoms with van der Waals surface area (Å²) in [7, 11) is 0. The molecule has 1 atom stereocenters. The van der Waals surface area contributed by atoms with Crippen LogP contribution in [-0.2, 0) is 0 Å². The lowest BCUT2D eigenvalue weighted by molar-refractivity contribution is 0.279. The average molecular weight is 224 g/mol. The van der Waals surface area contributed by atoms with Crippen LogP contribution < -0.4 is 5.32 Å². The van der Waals surface area contributed by atoms with E-state index in [1.807, 2.05) is 0 Å². The third kappa shape index (κ3) is 3.74. The Morgan fingerprint density at radius 3 is 2.38 bits per heavy atom. The summed E-state index contributed by atoms with van der Waals surface area (Å²) < 4.78 is 0. The highest BCUT2D eigenvalue weighted by Crippen LogP contribution is 2.23. The highest BCUT2D eigenvalue weighted by molar-refractivity contribution is 4.77. The minimum atomic E-state index is 0.816. The zero-order valence-corrected chi connectivity index (χ0v) is 11.0. The minimum absolute atomic E-state index is 0.816. The molecule has 1 aliphatic heterocycles. The van der Waals surface area contributed by atoms with E-state index >= 15 is 0 Å². The van der Waals surface area contributed by atoms with Crippen LogP contribution in [0.15, 0.2) is 0 Å². The van der Waals surface area contributed by atoms with E-state index in [9.17, 15) is 0 Å². The van der Waals surface area contributed by atoms with Gasteiger partial charge in [0.25, 0.3) is 0 Å². The molecule has 0 aromatic rings. The fourth-order valence-corrected chi connectivity index (χ4v) is 3.12. The van der Waals surface area contributed by atoms with Crippen LogP contribution in [0.1, 0.15) is 46.0 Å². The van der Waals surface area contributed by atoms with E-state index in [0.717, 1.165) is 17.9 Å². The van der Waals surface area contributed by atoms with E-state index in [1.165, 1.54) is 58.3 Å². The number of hydrogen-bond acceptors (Lipinski definition) is 2. The Morgan fingerprint density at radius 2 is 1.75 bits per heavy atom. The van der Waals surface area contributed by atoms with Crippen LogP contribution in [0.2, 0.25) is 0 Å². The Kier molecular flexibility index (Phi) is 4.66. The second kappa shape index (κ2) is 6.02. The Hall–Kier alpha value is -0.0800. The Balaban J connectivity index is 1.54. The lowest BCUT2D eigenvalue weighted by Crippen LogP contribution is -2.38. The lowest BCUT2D eigenvalue weighted by atomic mass is 9.87. The van der Waals surface area contributed by atoms with Crippen LogP contribution in [0, 0.1) is 11.8 Å². The molecule has 16 heavy (non-hydrogen) atoms. The van der Waals surface area contributed by atoms with Gasteiger partial charge in [0.05, 0.1) is 0 Å². The van der Waals surface area contributed by atoms with Crippen molar-refractivity contribution < 1.29 is 0 Å². The largest absolute Gasteiger partial charge is 0.313 e. The van der Waals surface area contributed by atoms with Gasteiger partial charge in [-0.25, -0.2) is 0 Å². The summed E-state index contributed by atoms with van der Waals surface area (Å²) in [6.45, 7) is 9.87. The predicted octanol–water partition coefficient (Wildman–Crippen LogP) is 2.50. The van der Waals surface area contributed by atoms with Gasteiger partial charge in [-0.3, -0.25) is 0 Å². The van der Waals surface area contributed by atoms with Crippen LogP contribution >= 0.6 is 0 Å². The second-order valence-electron chi connectivity index (χ2n) is 6.11. The summed E-state index contributed by atoms with van der Waals surface area (Å²) in [6.07, 6.45) is 7.06. The first-order valence-electron chi connectivity index (χ1n) is 7.20. The van der Waals surface area contributed by atoms with Crippen molar-refractivity contribution >= 4 is 0 Å². The molecule has 0 aromatic heterocycles. The highest BCUT2D eigenvalue weighted by Gasteiger charge is 2.20. The van der Waals surface area contributed by atoms with Gasteiger partial charge in [0.15, 0.2) is 0 Å². The summed E-state index contributed by atoms with van der Waals surface area (Å²) in [5.74, 6) is 1.90. The summed E-state index contributed by atoms with van der Waals surface area (Å²) in [4.78, 5) is 2.61. The van der Waals surface area contributed by atoms with E-state index in [2.05, 4.69) is 24.1 Å². The molecule has 0 bridgehead atoms. The molecule has 2 rings (SSSR count). The maximum atomic E-state index is 3.74. The first-order valence-corrected chi connectivity index (χ1v) is 7.20. The average Bonchev–Trinajstić information content (AvgIpc) is 2.67. The van der Waals surface area contributed by atoms with Crippen molar-refractivity contribution in [2.45, 2.75) is 52.0 Å². The molecule has 2 heteroatoms. The SMILES string of the molecule is CC1CCC(NCCN2CCC(C)C2)CC1. The monoisotopic (exact) mass is 224 g/mol. The molecule has 1 N–H and O–H groups in total. The molecule has 0 amide bonds. The normalized spacial score (nSPS) is 36.8. The third-order valence-electron chi connectivity index (χ3n) is 4.38. The van der Waals surface area contributed by atoms with Crippen LogP contribution in [0.5, 0.6) is 0 Å². The molecule has 2 aliphatic rings. The standard InChI is InChI=1S/C14H28N2/c1-12-3-5-14(6-4-12)15-8-10-16-9-7-13(2)11-16/h12-15H,3-11H2,1-2H3. The minimum Gasteiger partial charge on any atom is -0.313 e. The van der Waals surface area contributed by atoms with Crippen molar-refractivity contribution in [3.8, 4) is 0 Å². The molecule has 1 aliphatic carbocycles. The van der Waals surface area contributed by atoms with Crippen molar-refractivity contribution in [2.24, 2.45) is 11.8 Å². The summed E-state index contributed by atoms with van der Waals surface area (Å²) >= 11 is 0. The van der Waals surface area contributed by atoms with Crippen molar-refractivity contribution in [1.29, 1.82) is 0 Å². The molecule has 1 heterocycles. The molecule has 2 fully saturated rings. The van der Waals surface area contributed by atoms with Crippen LogP contribution in [0.3, 0.4) is 0 Å². The number of nitrogens with zero attached hydrogens (tertiary/aromatic N) is 1. The smallest absolute Gasteiger partial charge is 0.0107 e. The maximum absolute atomic E-state index is 3.74. The van der Waals surface area contributed by atoms with E-state index in [0.29, 0.717) is 0 Å². The van der Waals surface area contributed by atoms with Gasteiger partial charge in [-0.2, -0.15) is 0 Å².